The third kappa shape index (κ3) is 3.79. The highest BCUT2D eigenvalue weighted by Crippen LogP contribution is 2.23. The van der Waals surface area contributed by atoms with Crippen molar-refractivity contribution >= 4 is 27.5 Å². The van der Waals surface area contributed by atoms with Crippen molar-refractivity contribution in [3.8, 4) is 5.75 Å². The molecule has 1 aromatic heterocycles. The fourth-order valence-corrected chi connectivity index (χ4v) is 4.26. The SMILES string of the molecule is COc1ccc(C(=O)N2CCN(Cc3nc4ccccc4s3)CC2)c(F)c1. The summed E-state index contributed by atoms with van der Waals surface area (Å²) in [6, 6.07) is 12.5. The van der Waals surface area contributed by atoms with Gasteiger partial charge in [0.25, 0.3) is 5.91 Å². The van der Waals surface area contributed by atoms with Crippen molar-refractivity contribution in [1.82, 2.24) is 14.8 Å². The maximum absolute atomic E-state index is 14.2. The van der Waals surface area contributed by atoms with Crippen molar-refractivity contribution in [3.63, 3.8) is 0 Å². The largest absolute Gasteiger partial charge is 0.497 e. The van der Waals surface area contributed by atoms with Gasteiger partial charge in [0.05, 0.1) is 29.4 Å². The van der Waals surface area contributed by atoms with Crippen molar-refractivity contribution in [3.05, 3.63) is 58.9 Å². The molecule has 0 N–H and O–H groups in total. The monoisotopic (exact) mass is 385 g/mol. The Morgan fingerprint density at radius 3 is 2.67 bits per heavy atom. The van der Waals surface area contributed by atoms with E-state index in [0.29, 0.717) is 18.8 Å². The van der Waals surface area contributed by atoms with E-state index in [2.05, 4.69) is 16.0 Å². The van der Waals surface area contributed by atoms with E-state index in [1.54, 1.807) is 22.3 Å². The maximum atomic E-state index is 14.2. The van der Waals surface area contributed by atoms with Crippen LogP contribution in [0.5, 0.6) is 5.75 Å². The lowest BCUT2D eigenvalue weighted by atomic mass is 10.1. The van der Waals surface area contributed by atoms with Gasteiger partial charge in [0.2, 0.25) is 0 Å². The quantitative estimate of drug-likeness (QED) is 0.691. The molecule has 0 aliphatic carbocycles. The van der Waals surface area contributed by atoms with Crippen LogP contribution < -0.4 is 4.74 Å². The lowest BCUT2D eigenvalue weighted by Crippen LogP contribution is -2.48. The van der Waals surface area contributed by atoms with Crippen LogP contribution in [0.25, 0.3) is 10.2 Å². The number of aromatic nitrogens is 1. The van der Waals surface area contributed by atoms with Gasteiger partial charge in [-0.2, -0.15) is 0 Å². The smallest absolute Gasteiger partial charge is 0.256 e. The van der Waals surface area contributed by atoms with E-state index in [4.69, 9.17) is 4.74 Å². The van der Waals surface area contributed by atoms with Gasteiger partial charge in [-0.15, -0.1) is 11.3 Å². The number of amides is 1. The molecule has 1 aliphatic heterocycles. The highest BCUT2D eigenvalue weighted by atomic mass is 32.1. The van der Waals surface area contributed by atoms with Gasteiger partial charge in [-0.1, -0.05) is 12.1 Å². The summed E-state index contributed by atoms with van der Waals surface area (Å²) in [4.78, 5) is 21.3. The first-order valence-corrected chi connectivity index (χ1v) is 9.65. The van der Waals surface area contributed by atoms with E-state index >= 15 is 0 Å². The number of halogens is 1. The molecule has 1 saturated heterocycles. The number of benzene rings is 2. The summed E-state index contributed by atoms with van der Waals surface area (Å²) in [6.07, 6.45) is 0. The Hall–Kier alpha value is -2.51. The molecule has 0 spiro atoms. The van der Waals surface area contributed by atoms with Crippen molar-refractivity contribution < 1.29 is 13.9 Å². The number of rotatable bonds is 4. The van der Waals surface area contributed by atoms with Gasteiger partial charge >= 0.3 is 0 Å². The zero-order valence-corrected chi connectivity index (χ0v) is 15.8. The molecule has 1 aliphatic rings. The molecule has 4 rings (SSSR count). The van der Waals surface area contributed by atoms with Gasteiger partial charge < -0.3 is 9.64 Å². The summed E-state index contributed by atoms with van der Waals surface area (Å²) < 4.78 is 20.3. The Kier molecular flexibility index (Phi) is 5.05. The van der Waals surface area contributed by atoms with Crippen molar-refractivity contribution in [1.29, 1.82) is 0 Å². The van der Waals surface area contributed by atoms with Crippen LogP contribution in [-0.2, 0) is 6.54 Å². The predicted molar refractivity (Wildman–Crippen MR) is 104 cm³/mol. The Balaban J connectivity index is 1.37. The second-order valence-electron chi connectivity index (χ2n) is 6.49. The molecule has 27 heavy (non-hydrogen) atoms. The number of para-hydroxylation sites is 1. The zero-order valence-electron chi connectivity index (χ0n) is 15.0. The highest BCUT2D eigenvalue weighted by molar-refractivity contribution is 7.18. The minimum Gasteiger partial charge on any atom is -0.497 e. The summed E-state index contributed by atoms with van der Waals surface area (Å²) in [5.74, 6) is -0.407. The molecule has 1 amide bonds. The van der Waals surface area contributed by atoms with Crippen LogP contribution in [0.2, 0.25) is 0 Å². The molecule has 140 valence electrons. The second-order valence-corrected chi connectivity index (χ2v) is 7.60. The standard InChI is InChI=1S/C20H20FN3O2S/c1-26-14-6-7-15(16(21)12-14)20(25)24-10-8-23(9-11-24)13-19-22-17-4-2-3-5-18(17)27-19/h2-7,12H,8-11,13H2,1H3. The normalized spacial score (nSPS) is 15.3. The van der Waals surface area contributed by atoms with E-state index in [1.165, 1.54) is 23.9 Å². The lowest BCUT2D eigenvalue weighted by molar-refractivity contribution is 0.0624. The third-order valence-electron chi connectivity index (χ3n) is 4.76. The summed E-state index contributed by atoms with van der Waals surface area (Å²) in [5.41, 5.74) is 1.12. The molecule has 2 aromatic carbocycles. The number of carbonyl (C=O) groups excluding carboxylic acids is 1. The van der Waals surface area contributed by atoms with Crippen LogP contribution >= 0.6 is 11.3 Å². The molecule has 5 nitrogen and oxygen atoms in total. The van der Waals surface area contributed by atoms with Crippen molar-refractivity contribution in [2.75, 3.05) is 33.3 Å². The Bertz CT molecular complexity index is 934. The fraction of sp³-hybridized carbons (Fsp3) is 0.300. The highest BCUT2D eigenvalue weighted by Gasteiger charge is 2.24. The van der Waals surface area contributed by atoms with Crippen LogP contribution in [0.4, 0.5) is 4.39 Å². The first-order valence-electron chi connectivity index (χ1n) is 8.83. The Labute approximate surface area is 161 Å². The molecule has 0 saturated carbocycles. The molecular formula is C20H20FN3O2S. The van der Waals surface area contributed by atoms with Gasteiger partial charge in [0, 0.05) is 32.2 Å². The fourth-order valence-electron chi connectivity index (χ4n) is 3.25. The second kappa shape index (κ2) is 7.62. The van der Waals surface area contributed by atoms with Gasteiger partial charge in [0.15, 0.2) is 0 Å². The molecule has 7 heteroatoms. The topological polar surface area (TPSA) is 45.7 Å². The number of methoxy groups -OCH3 is 1. The van der Waals surface area contributed by atoms with Crippen LogP contribution in [0.15, 0.2) is 42.5 Å². The van der Waals surface area contributed by atoms with Gasteiger partial charge in [0.1, 0.15) is 16.6 Å². The molecule has 2 heterocycles. The van der Waals surface area contributed by atoms with Crippen LogP contribution in [-0.4, -0.2) is 54.0 Å². The van der Waals surface area contributed by atoms with E-state index in [-0.39, 0.29) is 11.5 Å². The predicted octanol–water partition coefficient (Wildman–Crippen LogP) is 3.40. The molecule has 0 radical (unpaired) electrons. The minimum atomic E-state index is -0.545. The van der Waals surface area contributed by atoms with Crippen LogP contribution in [0.3, 0.4) is 0 Å². The first kappa shape index (κ1) is 17.9. The molecular weight excluding hydrogens is 365 g/mol. The summed E-state index contributed by atoms with van der Waals surface area (Å²) in [7, 11) is 1.47. The molecule has 0 atom stereocenters. The summed E-state index contributed by atoms with van der Waals surface area (Å²) in [5, 5.41) is 1.08. The van der Waals surface area contributed by atoms with E-state index in [1.807, 2.05) is 18.2 Å². The number of fused-ring (bicyclic) bond motifs is 1. The number of piperazine rings is 1. The molecule has 0 unspecified atom stereocenters. The average Bonchev–Trinajstić information content (AvgIpc) is 3.10. The van der Waals surface area contributed by atoms with Crippen molar-refractivity contribution in [2.45, 2.75) is 6.54 Å². The number of carbonyl (C=O) groups is 1. The van der Waals surface area contributed by atoms with E-state index < -0.39 is 5.82 Å². The average molecular weight is 385 g/mol. The van der Waals surface area contributed by atoms with Gasteiger partial charge in [-0.05, 0) is 24.3 Å². The number of thiazole rings is 1. The minimum absolute atomic E-state index is 0.0930. The molecule has 1 fully saturated rings. The zero-order chi connectivity index (χ0) is 18.8. The van der Waals surface area contributed by atoms with Crippen LogP contribution in [0.1, 0.15) is 15.4 Å². The van der Waals surface area contributed by atoms with Crippen molar-refractivity contribution in [2.24, 2.45) is 0 Å². The third-order valence-corrected chi connectivity index (χ3v) is 5.78. The lowest BCUT2D eigenvalue weighted by Gasteiger charge is -2.34. The Morgan fingerprint density at radius 1 is 1.19 bits per heavy atom. The molecule has 3 aromatic rings. The summed E-state index contributed by atoms with van der Waals surface area (Å²) in [6.45, 7) is 3.43. The van der Waals surface area contributed by atoms with Gasteiger partial charge in [-0.25, -0.2) is 9.37 Å². The van der Waals surface area contributed by atoms with Gasteiger partial charge in [-0.3, -0.25) is 9.69 Å². The number of hydrogen-bond acceptors (Lipinski definition) is 5. The number of nitrogens with zero attached hydrogens (tertiary/aromatic N) is 3. The number of hydrogen-bond donors (Lipinski definition) is 0. The number of ether oxygens (including phenoxy) is 1. The maximum Gasteiger partial charge on any atom is 0.256 e. The molecule has 0 bridgehead atoms. The first-order chi connectivity index (χ1) is 13.1. The summed E-state index contributed by atoms with van der Waals surface area (Å²) >= 11 is 1.71. The van der Waals surface area contributed by atoms with E-state index in [0.717, 1.165) is 30.2 Å². The van der Waals surface area contributed by atoms with E-state index in [9.17, 15) is 9.18 Å². The van der Waals surface area contributed by atoms with Crippen LogP contribution in [0, 0.1) is 5.82 Å². The Morgan fingerprint density at radius 2 is 1.96 bits per heavy atom.